The number of H-pyrrole nitrogens is 1. The van der Waals surface area contributed by atoms with E-state index in [0.29, 0.717) is 5.69 Å². The van der Waals surface area contributed by atoms with Gasteiger partial charge < -0.3 is 20.3 Å². The summed E-state index contributed by atoms with van der Waals surface area (Å²) in [7, 11) is 0. The van der Waals surface area contributed by atoms with Crippen molar-refractivity contribution in [2.24, 2.45) is 11.8 Å². The summed E-state index contributed by atoms with van der Waals surface area (Å²) in [6, 6.07) is 6.21. The lowest BCUT2D eigenvalue weighted by molar-refractivity contribution is -0.187. The molecule has 2 amide bonds. The van der Waals surface area contributed by atoms with Crippen molar-refractivity contribution in [2.45, 2.75) is 13.1 Å². The van der Waals surface area contributed by atoms with Gasteiger partial charge in [-0.05, 0) is 31.2 Å². The minimum atomic E-state index is -4.67. The molecule has 2 atom stereocenters. The van der Waals surface area contributed by atoms with Crippen LogP contribution in [0, 0.1) is 18.8 Å². The summed E-state index contributed by atoms with van der Waals surface area (Å²) >= 11 is 0. The van der Waals surface area contributed by atoms with Gasteiger partial charge in [-0.15, -0.1) is 0 Å². The number of carboxylic acid groups (broad SMARTS) is 1. The number of aromatic amines is 1. The average molecular weight is 355 g/mol. The van der Waals surface area contributed by atoms with Crippen LogP contribution in [0.3, 0.4) is 0 Å². The van der Waals surface area contributed by atoms with Gasteiger partial charge in [0.2, 0.25) is 0 Å². The number of anilines is 1. The SMILES string of the molecule is Cc1cc2cc(NC(=O)N3C[C@@H](C(F)(F)F)[C@H](C(=O)O)C3)ccc2[nH]1. The van der Waals surface area contributed by atoms with E-state index < -0.39 is 43.1 Å². The van der Waals surface area contributed by atoms with Crippen LogP contribution in [0.25, 0.3) is 10.9 Å². The van der Waals surface area contributed by atoms with E-state index in [1.54, 1.807) is 18.2 Å². The molecule has 1 saturated heterocycles. The Morgan fingerprint density at radius 3 is 2.60 bits per heavy atom. The number of rotatable bonds is 2. The van der Waals surface area contributed by atoms with Crippen LogP contribution in [0.15, 0.2) is 24.3 Å². The Labute approximate surface area is 140 Å². The molecule has 2 aromatic rings. The summed E-state index contributed by atoms with van der Waals surface area (Å²) in [6.45, 7) is 0.737. The van der Waals surface area contributed by atoms with E-state index >= 15 is 0 Å². The summed E-state index contributed by atoms with van der Waals surface area (Å²) in [5.74, 6) is -5.27. The van der Waals surface area contributed by atoms with Crippen molar-refractivity contribution >= 4 is 28.6 Å². The molecule has 134 valence electrons. The summed E-state index contributed by atoms with van der Waals surface area (Å²) in [5.41, 5.74) is 2.24. The lowest BCUT2D eigenvalue weighted by atomic mass is 9.96. The Morgan fingerprint density at radius 1 is 1.28 bits per heavy atom. The predicted molar refractivity (Wildman–Crippen MR) is 84.3 cm³/mol. The molecule has 25 heavy (non-hydrogen) atoms. The zero-order valence-electron chi connectivity index (χ0n) is 13.2. The minimum Gasteiger partial charge on any atom is -0.481 e. The van der Waals surface area contributed by atoms with Crippen molar-refractivity contribution in [1.29, 1.82) is 0 Å². The molecule has 0 bridgehead atoms. The molecule has 0 saturated carbocycles. The molecule has 9 heteroatoms. The molecule has 3 N–H and O–H groups in total. The predicted octanol–water partition coefficient (Wildman–Crippen LogP) is 3.20. The van der Waals surface area contributed by atoms with E-state index in [2.05, 4.69) is 10.3 Å². The zero-order valence-corrected chi connectivity index (χ0v) is 13.2. The number of carbonyl (C=O) groups is 2. The molecule has 3 rings (SSSR count). The number of fused-ring (bicyclic) bond motifs is 1. The van der Waals surface area contributed by atoms with Gasteiger partial charge in [0.25, 0.3) is 0 Å². The normalized spacial score (nSPS) is 20.9. The van der Waals surface area contributed by atoms with Gasteiger partial charge in [-0.2, -0.15) is 13.2 Å². The number of aliphatic carboxylic acids is 1. The van der Waals surface area contributed by atoms with Crippen molar-refractivity contribution < 1.29 is 27.9 Å². The second-order valence-electron chi connectivity index (χ2n) is 6.18. The number of likely N-dealkylation sites (tertiary alicyclic amines) is 1. The Morgan fingerprint density at radius 2 is 2.00 bits per heavy atom. The first-order valence-corrected chi connectivity index (χ1v) is 7.60. The van der Waals surface area contributed by atoms with Crippen molar-refractivity contribution in [2.75, 3.05) is 18.4 Å². The summed E-state index contributed by atoms with van der Waals surface area (Å²) in [4.78, 5) is 27.3. The number of nitrogens with zero attached hydrogens (tertiary/aromatic N) is 1. The van der Waals surface area contributed by atoms with Crippen LogP contribution in [0.1, 0.15) is 5.69 Å². The van der Waals surface area contributed by atoms with Gasteiger partial charge in [-0.1, -0.05) is 0 Å². The first-order valence-electron chi connectivity index (χ1n) is 7.60. The third kappa shape index (κ3) is 3.40. The number of halogens is 3. The van der Waals surface area contributed by atoms with E-state index in [0.717, 1.165) is 21.5 Å². The number of amides is 2. The van der Waals surface area contributed by atoms with Crippen LogP contribution in [0.2, 0.25) is 0 Å². The number of aryl methyl sites for hydroxylation is 1. The van der Waals surface area contributed by atoms with Crippen LogP contribution >= 0.6 is 0 Å². The number of aromatic nitrogens is 1. The second-order valence-corrected chi connectivity index (χ2v) is 6.18. The molecule has 0 radical (unpaired) electrons. The van der Waals surface area contributed by atoms with Crippen molar-refractivity contribution in [3.05, 3.63) is 30.0 Å². The van der Waals surface area contributed by atoms with E-state index in [4.69, 9.17) is 5.11 Å². The van der Waals surface area contributed by atoms with E-state index in [9.17, 15) is 22.8 Å². The number of carbonyl (C=O) groups excluding carboxylic acids is 1. The van der Waals surface area contributed by atoms with Gasteiger partial charge in [0.05, 0.1) is 11.8 Å². The molecule has 1 aromatic heterocycles. The maximum atomic E-state index is 13.0. The number of nitrogens with one attached hydrogen (secondary N) is 2. The van der Waals surface area contributed by atoms with Gasteiger partial charge in [0.1, 0.15) is 0 Å². The fraction of sp³-hybridized carbons (Fsp3) is 0.375. The molecule has 6 nitrogen and oxygen atoms in total. The van der Waals surface area contributed by atoms with E-state index in [-0.39, 0.29) is 0 Å². The lowest BCUT2D eigenvalue weighted by Gasteiger charge is -2.18. The third-order valence-corrected chi connectivity index (χ3v) is 4.35. The highest BCUT2D eigenvalue weighted by Crippen LogP contribution is 2.38. The quantitative estimate of drug-likeness (QED) is 0.773. The molecule has 2 heterocycles. The first-order chi connectivity index (χ1) is 11.6. The van der Waals surface area contributed by atoms with Gasteiger partial charge in [0.15, 0.2) is 0 Å². The van der Waals surface area contributed by atoms with Crippen LogP contribution < -0.4 is 5.32 Å². The van der Waals surface area contributed by atoms with Gasteiger partial charge in [0, 0.05) is 35.4 Å². The van der Waals surface area contributed by atoms with Crippen LogP contribution in [0.4, 0.5) is 23.7 Å². The van der Waals surface area contributed by atoms with Crippen molar-refractivity contribution in [3.63, 3.8) is 0 Å². The number of benzene rings is 1. The largest absolute Gasteiger partial charge is 0.481 e. The number of hydrogen-bond donors (Lipinski definition) is 3. The highest BCUT2D eigenvalue weighted by Gasteiger charge is 2.53. The van der Waals surface area contributed by atoms with Crippen LogP contribution in [-0.4, -0.2) is 46.3 Å². The second kappa shape index (κ2) is 5.98. The first kappa shape index (κ1) is 17.1. The molecule has 1 aromatic carbocycles. The fourth-order valence-corrected chi connectivity index (χ4v) is 3.11. The smallest absolute Gasteiger partial charge is 0.394 e. The van der Waals surface area contributed by atoms with Crippen molar-refractivity contribution in [1.82, 2.24) is 9.88 Å². The monoisotopic (exact) mass is 355 g/mol. The Kier molecular flexibility index (Phi) is 4.09. The summed E-state index contributed by atoms with van der Waals surface area (Å²) in [5, 5.41) is 12.4. The molecular formula is C16H16F3N3O3. The van der Waals surface area contributed by atoms with Crippen LogP contribution in [0.5, 0.6) is 0 Å². The van der Waals surface area contributed by atoms with Crippen LogP contribution in [-0.2, 0) is 4.79 Å². The zero-order chi connectivity index (χ0) is 18.4. The molecule has 1 aliphatic heterocycles. The minimum absolute atomic E-state index is 0.429. The number of carboxylic acids is 1. The maximum absolute atomic E-state index is 13.0. The molecule has 0 unspecified atom stereocenters. The molecule has 1 aliphatic rings. The highest BCUT2D eigenvalue weighted by atomic mass is 19.4. The lowest BCUT2D eigenvalue weighted by Crippen LogP contribution is -2.35. The van der Waals surface area contributed by atoms with Crippen molar-refractivity contribution in [3.8, 4) is 0 Å². The Balaban J connectivity index is 1.75. The fourth-order valence-electron chi connectivity index (χ4n) is 3.11. The number of urea groups is 1. The van der Waals surface area contributed by atoms with Gasteiger partial charge in [-0.3, -0.25) is 4.79 Å². The maximum Gasteiger partial charge on any atom is 0.394 e. The third-order valence-electron chi connectivity index (χ3n) is 4.35. The Hall–Kier alpha value is -2.71. The summed E-state index contributed by atoms with van der Waals surface area (Å²) in [6.07, 6.45) is -4.67. The number of hydrogen-bond acceptors (Lipinski definition) is 2. The van der Waals surface area contributed by atoms with E-state index in [1.165, 1.54) is 0 Å². The molecule has 0 aliphatic carbocycles. The Bertz CT molecular complexity index is 831. The molecule has 0 spiro atoms. The van der Waals surface area contributed by atoms with E-state index in [1.807, 2.05) is 13.0 Å². The standard InChI is InChI=1S/C16H16F3N3O3/c1-8-4-9-5-10(2-3-13(9)20-8)21-15(25)22-6-11(14(23)24)12(7-22)16(17,18)19/h2-5,11-12,20H,6-7H2,1H3,(H,21,25)(H,23,24)/t11-,12-/m1/s1. The average Bonchev–Trinajstić information content (AvgIpc) is 3.09. The highest BCUT2D eigenvalue weighted by molar-refractivity contribution is 5.93. The topological polar surface area (TPSA) is 85.4 Å². The molecule has 1 fully saturated rings. The van der Waals surface area contributed by atoms with Gasteiger partial charge in [-0.25, -0.2) is 4.79 Å². The molecular weight excluding hydrogens is 339 g/mol. The number of alkyl halides is 3. The summed E-state index contributed by atoms with van der Waals surface area (Å²) < 4.78 is 39.0. The van der Waals surface area contributed by atoms with Gasteiger partial charge >= 0.3 is 18.2 Å².